The van der Waals surface area contributed by atoms with Crippen LogP contribution in [0.5, 0.6) is 0 Å². The van der Waals surface area contributed by atoms with E-state index in [0.717, 1.165) is 6.07 Å². The Kier molecular flexibility index (Phi) is 4.70. The van der Waals surface area contributed by atoms with Crippen LogP contribution in [0.15, 0.2) is 18.2 Å². The highest BCUT2D eigenvalue weighted by atomic mass is 19.3. The molecule has 29 heavy (non-hydrogen) atoms. The topological polar surface area (TPSA) is 74.8 Å². The number of amides is 2. The maximum atomic E-state index is 14.7. The average molecular weight is 405 g/mol. The Morgan fingerprint density at radius 3 is 2.97 bits per heavy atom. The number of nitrogens with zero attached hydrogens (tertiary/aromatic N) is 4. The van der Waals surface area contributed by atoms with Gasteiger partial charge in [0.1, 0.15) is 11.5 Å². The van der Waals surface area contributed by atoms with Gasteiger partial charge in [-0.15, -0.1) is 0 Å². The maximum absolute atomic E-state index is 14.7. The fourth-order valence-corrected chi connectivity index (χ4v) is 3.78. The van der Waals surface area contributed by atoms with Crippen LogP contribution in [0.3, 0.4) is 0 Å². The van der Waals surface area contributed by atoms with Crippen molar-refractivity contribution >= 4 is 17.4 Å². The summed E-state index contributed by atoms with van der Waals surface area (Å²) in [4.78, 5) is 17.0. The molecule has 0 fully saturated rings. The van der Waals surface area contributed by atoms with E-state index < -0.39 is 30.3 Å². The molecule has 0 saturated heterocycles. The minimum absolute atomic E-state index is 0.000893. The number of aliphatic hydroxyl groups is 1. The summed E-state index contributed by atoms with van der Waals surface area (Å²) in [6.45, 7) is 7.18. The number of carbonyl (C=O) groups excluding carboxylic acids is 1. The molecule has 0 saturated carbocycles. The van der Waals surface area contributed by atoms with Crippen molar-refractivity contribution in [2.24, 2.45) is 0 Å². The van der Waals surface area contributed by atoms with Crippen LogP contribution in [-0.4, -0.2) is 38.5 Å². The number of fused-ring (bicyclic) bond motifs is 3. The second-order valence-electron chi connectivity index (χ2n) is 7.23. The number of rotatable bonds is 1. The fraction of sp³-hybridized carbons (Fsp3) is 0.421. The van der Waals surface area contributed by atoms with Gasteiger partial charge in [-0.05, 0) is 24.6 Å². The summed E-state index contributed by atoms with van der Waals surface area (Å²) in [7, 11) is 0. The lowest BCUT2D eigenvalue weighted by molar-refractivity contribution is -0.0248. The van der Waals surface area contributed by atoms with Crippen LogP contribution in [0.2, 0.25) is 0 Å². The molecular formula is C19H18F3N5O2. The molecule has 2 N–H and O–H groups in total. The molecule has 0 bridgehead atoms. The van der Waals surface area contributed by atoms with Crippen molar-refractivity contribution in [1.82, 2.24) is 14.7 Å². The molecule has 152 valence electrons. The highest BCUT2D eigenvalue weighted by Crippen LogP contribution is 2.40. The van der Waals surface area contributed by atoms with Gasteiger partial charge in [0.15, 0.2) is 0 Å². The highest BCUT2D eigenvalue weighted by Gasteiger charge is 2.43. The van der Waals surface area contributed by atoms with Gasteiger partial charge in [0.2, 0.25) is 5.69 Å². The molecule has 1 aromatic heterocycles. The first-order valence-corrected chi connectivity index (χ1v) is 9.16. The second-order valence-corrected chi connectivity index (χ2v) is 7.23. The molecule has 0 radical (unpaired) electrons. The van der Waals surface area contributed by atoms with Gasteiger partial charge in [-0.1, -0.05) is 0 Å². The molecule has 1 atom stereocenters. The van der Waals surface area contributed by atoms with E-state index in [1.54, 1.807) is 0 Å². The SMILES string of the molecule is [C-]#[N+]c1cc(NC(=O)N2CCc3nn4c(c3C2)C(F)(F)CC[C@H](O)C4)ccc1F. The monoisotopic (exact) mass is 405 g/mol. The Morgan fingerprint density at radius 1 is 1.41 bits per heavy atom. The zero-order chi connectivity index (χ0) is 20.8. The van der Waals surface area contributed by atoms with Crippen LogP contribution in [0.1, 0.15) is 29.8 Å². The zero-order valence-electron chi connectivity index (χ0n) is 15.3. The predicted molar refractivity (Wildman–Crippen MR) is 97.2 cm³/mol. The third-order valence-electron chi connectivity index (χ3n) is 5.23. The third kappa shape index (κ3) is 3.53. The molecule has 0 spiro atoms. The van der Waals surface area contributed by atoms with E-state index in [9.17, 15) is 23.1 Å². The summed E-state index contributed by atoms with van der Waals surface area (Å²) in [5, 5.41) is 16.7. The number of halogens is 3. The molecule has 4 rings (SSSR count). The number of urea groups is 1. The third-order valence-corrected chi connectivity index (χ3v) is 5.23. The van der Waals surface area contributed by atoms with E-state index >= 15 is 0 Å². The van der Waals surface area contributed by atoms with Crippen molar-refractivity contribution < 1.29 is 23.1 Å². The van der Waals surface area contributed by atoms with Crippen LogP contribution < -0.4 is 5.32 Å². The standard InChI is InChI=1S/C19H18F3N5O2/c1-23-16-8-11(2-3-14(16)20)24-18(29)26-7-5-15-13(10-26)17-19(21,22)6-4-12(28)9-27(17)25-15/h2-3,8,12,28H,4-7,9-10H2,(H,24,29)/t12-/m0/s1. The number of hydrogen-bond acceptors (Lipinski definition) is 3. The maximum Gasteiger partial charge on any atom is 0.322 e. The van der Waals surface area contributed by atoms with Gasteiger partial charge < -0.3 is 15.3 Å². The number of benzene rings is 1. The van der Waals surface area contributed by atoms with Gasteiger partial charge in [0.25, 0.3) is 5.92 Å². The summed E-state index contributed by atoms with van der Waals surface area (Å²) < 4.78 is 44.0. The number of anilines is 1. The van der Waals surface area contributed by atoms with Crippen LogP contribution >= 0.6 is 0 Å². The largest absolute Gasteiger partial charge is 0.391 e. The van der Waals surface area contributed by atoms with Crippen molar-refractivity contribution in [2.75, 3.05) is 11.9 Å². The Labute approximate surface area is 164 Å². The molecule has 3 heterocycles. The summed E-state index contributed by atoms with van der Waals surface area (Å²) in [5.74, 6) is -3.83. The molecule has 0 aliphatic carbocycles. The van der Waals surface area contributed by atoms with Crippen molar-refractivity contribution in [3.05, 3.63) is 52.4 Å². The number of aliphatic hydroxyl groups excluding tert-OH is 1. The Morgan fingerprint density at radius 2 is 2.21 bits per heavy atom. The molecule has 7 nitrogen and oxygen atoms in total. The van der Waals surface area contributed by atoms with E-state index in [-0.39, 0.29) is 43.1 Å². The lowest BCUT2D eigenvalue weighted by Gasteiger charge is -2.28. The van der Waals surface area contributed by atoms with Gasteiger partial charge in [-0.2, -0.15) is 13.9 Å². The molecule has 1 aromatic carbocycles. The lowest BCUT2D eigenvalue weighted by atomic mass is 10.00. The molecule has 2 amide bonds. The quantitative estimate of drug-likeness (QED) is 0.714. The minimum Gasteiger partial charge on any atom is -0.391 e. The first-order chi connectivity index (χ1) is 13.8. The Balaban J connectivity index is 1.57. The second kappa shape index (κ2) is 7.08. The normalized spacial score (nSPS) is 20.2. The number of hydrogen-bond donors (Lipinski definition) is 2. The summed E-state index contributed by atoms with van der Waals surface area (Å²) in [6.07, 6.45) is -1.08. The van der Waals surface area contributed by atoms with Crippen LogP contribution in [0, 0.1) is 12.4 Å². The van der Waals surface area contributed by atoms with Gasteiger partial charge in [-0.3, -0.25) is 4.68 Å². The van der Waals surface area contributed by atoms with Gasteiger partial charge in [0, 0.05) is 30.6 Å². The van der Waals surface area contributed by atoms with E-state index in [2.05, 4.69) is 15.3 Å². The van der Waals surface area contributed by atoms with E-state index in [0.29, 0.717) is 17.7 Å². The molecule has 0 unspecified atom stereocenters. The first-order valence-electron chi connectivity index (χ1n) is 9.16. The summed E-state index contributed by atoms with van der Waals surface area (Å²) >= 11 is 0. The number of carbonyl (C=O) groups is 1. The Hall–Kier alpha value is -3.06. The summed E-state index contributed by atoms with van der Waals surface area (Å²) in [5.41, 5.74) is 0.611. The smallest absolute Gasteiger partial charge is 0.322 e. The van der Waals surface area contributed by atoms with E-state index in [1.807, 2.05) is 0 Å². The average Bonchev–Trinajstić information content (AvgIpc) is 3.00. The number of aromatic nitrogens is 2. The van der Waals surface area contributed by atoms with Crippen LogP contribution in [0.25, 0.3) is 4.85 Å². The highest BCUT2D eigenvalue weighted by molar-refractivity contribution is 5.90. The van der Waals surface area contributed by atoms with Crippen molar-refractivity contribution in [2.45, 2.75) is 44.4 Å². The van der Waals surface area contributed by atoms with Crippen molar-refractivity contribution in [1.29, 1.82) is 0 Å². The van der Waals surface area contributed by atoms with Crippen molar-refractivity contribution in [3.8, 4) is 0 Å². The van der Waals surface area contributed by atoms with E-state index in [1.165, 1.54) is 21.7 Å². The molecule has 10 heteroatoms. The van der Waals surface area contributed by atoms with Gasteiger partial charge in [-0.25, -0.2) is 14.0 Å². The lowest BCUT2D eigenvalue weighted by Crippen LogP contribution is -2.39. The minimum atomic E-state index is -3.14. The van der Waals surface area contributed by atoms with Gasteiger partial charge in [0.05, 0.1) is 31.5 Å². The fourth-order valence-electron chi connectivity index (χ4n) is 3.78. The number of nitrogens with one attached hydrogen (secondary N) is 1. The summed E-state index contributed by atoms with van der Waals surface area (Å²) in [6, 6.07) is 3.10. The molecule has 2 aromatic rings. The predicted octanol–water partition coefficient (Wildman–Crippen LogP) is 3.41. The van der Waals surface area contributed by atoms with E-state index in [4.69, 9.17) is 6.57 Å². The van der Waals surface area contributed by atoms with Crippen LogP contribution in [-0.2, 0) is 25.4 Å². The van der Waals surface area contributed by atoms with Crippen LogP contribution in [0.4, 0.5) is 29.3 Å². The Bertz CT molecular complexity index is 1010. The van der Waals surface area contributed by atoms with Crippen molar-refractivity contribution in [3.63, 3.8) is 0 Å². The molecule has 2 aliphatic rings. The van der Waals surface area contributed by atoms with Gasteiger partial charge >= 0.3 is 6.03 Å². The first kappa shape index (κ1) is 19.3. The molecular weight excluding hydrogens is 387 g/mol. The zero-order valence-corrected chi connectivity index (χ0v) is 15.3. The number of alkyl halides is 2. The molecule has 2 aliphatic heterocycles.